The predicted molar refractivity (Wildman–Crippen MR) is 148 cm³/mol. The molecule has 0 bridgehead atoms. The second kappa shape index (κ2) is 12.1. The number of hydrogen-bond donors (Lipinski definition) is 1. The minimum absolute atomic E-state index is 0.0841. The van der Waals surface area contributed by atoms with Crippen LogP contribution in [0.25, 0.3) is 5.76 Å². The Morgan fingerprint density at radius 2 is 1.74 bits per heavy atom. The van der Waals surface area contributed by atoms with E-state index in [9.17, 15) is 14.7 Å². The minimum Gasteiger partial charge on any atom is -0.507 e. The zero-order valence-electron chi connectivity index (χ0n) is 22.4. The van der Waals surface area contributed by atoms with Crippen LogP contribution in [0.1, 0.15) is 54.1 Å². The smallest absolute Gasteiger partial charge is 0.295 e. The molecule has 1 fully saturated rings. The summed E-state index contributed by atoms with van der Waals surface area (Å²) in [5, 5.41) is 11.4. The van der Waals surface area contributed by atoms with E-state index in [1.54, 1.807) is 23.1 Å². The Morgan fingerprint density at radius 3 is 2.42 bits per heavy atom. The van der Waals surface area contributed by atoms with Gasteiger partial charge in [0.05, 0.1) is 17.7 Å². The first-order valence-electron chi connectivity index (χ1n) is 13.0. The molecule has 1 saturated heterocycles. The third kappa shape index (κ3) is 6.14. The van der Waals surface area contributed by atoms with Crippen molar-refractivity contribution in [3.05, 3.63) is 106 Å². The van der Waals surface area contributed by atoms with Gasteiger partial charge in [-0.3, -0.25) is 9.59 Å². The van der Waals surface area contributed by atoms with Gasteiger partial charge in [-0.2, -0.15) is 0 Å². The van der Waals surface area contributed by atoms with Crippen molar-refractivity contribution in [1.29, 1.82) is 0 Å². The zero-order valence-corrected chi connectivity index (χ0v) is 22.4. The summed E-state index contributed by atoms with van der Waals surface area (Å²) < 4.78 is 11.6. The van der Waals surface area contributed by atoms with Crippen LogP contribution < -0.4 is 4.74 Å². The predicted octanol–water partition coefficient (Wildman–Crippen LogP) is 6.12. The first-order valence-corrected chi connectivity index (χ1v) is 13.0. The summed E-state index contributed by atoms with van der Waals surface area (Å²) in [7, 11) is 0. The molecule has 0 saturated carbocycles. The van der Waals surface area contributed by atoms with Gasteiger partial charge in [0.1, 0.15) is 18.1 Å². The maximum absolute atomic E-state index is 13.3. The number of amides is 1. The van der Waals surface area contributed by atoms with E-state index in [0.717, 1.165) is 22.3 Å². The van der Waals surface area contributed by atoms with E-state index in [0.29, 0.717) is 37.5 Å². The van der Waals surface area contributed by atoms with Crippen molar-refractivity contribution in [2.75, 3.05) is 13.2 Å². The third-order valence-corrected chi connectivity index (χ3v) is 6.58. The second-order valence-electron chi connectivity index (χ2n) is 9.93. The Balaban J connectivity index is 1.65. The van der Waals surface area contributed by atoms with E-state index in [-0.39, 0.29) is 17.4 Å². The molecule has 0 aromatic heterocycles. The summed E-state index contributed by atoms with van der Waals surface area (Å²) in [4.78, 5) is 28.0. The SMILES string of the molecule is Cc1cccc(C2/C(=C(/O)c3ccc(OCc4ccccc4)c(C)c3)C(=O)C(=O)N2CCCOC(C)C)c1. The van der Waals surface area contributed by atoms with Crippen molar-refractivity contribution < 1.29 is 24.2 Å². The maximum Gasteiger partial charge on any atom is 0.295 e. The quantitative estimate of drug-likeness (QED) is 0.153. The molecule has 1 heterocycles. The molecule has 6 heteroatoms. The molecule has 198 valence electrons. The highest BCUT2D eigenvalue weighted by molar-refractivity contribution is 6.46. The molecule has 1 atom stereocenters. The van der Waals surface area contributed by atoms with Gasteiger partial charge in [0.25, 0.3) is 11.7 Å². The molecule has 1 aliphatic heterocycles. The second-order valence-corrected chi connectivity index (χ2v) is 9.93. The Bertz CT molecular complexity index is 1330. The van der Waals surface area contributed by atoms with E-state index in [1.807, 2.05) is 82.3 Å². The molecule has 0 aliphatic carbocycles. The Labute approximate surface area is 224 Å². The van der Waals surface area contributed by atoms with Gasteiger partial charge < -0.3 is 19.5 Å². The van der Waals surface area contributed by atoms with Crippen LogP contribution in [0.4, 0.5) is 0 Å². The molecule has 1 aliphatic rings. The highest BCUT2D eigenvalue weighted by atomic mass is 16.5. The molecule has 0 spiro atoms. The van der Waals surface area contributed by atoms with Crippen LogP contribution in [-0.4, -0.2) is 41.0 Å². The highest BCUT2D eigenvalue weighted by Crippen LogP contribution is 2.40. The number of carbonyl (C=O) groups is 2. The van der Waals surface area contributed by atoms with Crippen LogP contribution in [0, 0.1) is 13.8 Å². The van der Waals surface area contributed by atoms with Crippen LogP contribution in [0.5, 0.6) is 5.75 Å². The molecule has 1 amide bonds. The number of aryl methyl sites for hydroxylation is 2. The van der Waals surface area contributed by atoms with Crippen LogP contribution in [0.2, 0.25) is 0 Å². The van der Waals surface area contributed by atoms with Gasteiger partial charge in [0, 0.05) is 18.7 Å². The van der Waals surface area contributed by atoms with Gasteiger partial charge in [0.2, 0.25) is 0 Å². The first kappa shape index (κ1) is 27.1. The van der Waals surface area contributed by atoms with E-state index >= 15 is 0 Å². The van der Waals surface area contributed by atoms with Crippen molar-refractivity contribution in [2.24, 2.45) is 0 Å². The van der Waals surface area contributed by atoms with Gasteiger partial charge in [-0.25, -0.2) is 0 Å². The first-order chi connectivity index (χ1) is 18.3. The van der Waals surface area contributed by atoms with Gasteiger partial charge in [-0.1, -0.05) is 60.2 Å². The number of nitrogens with zero attached hydrogens (tertiary/aromatic N) is 1. The monoisotopic (exact) mass is 513 g/mol. The Morgan fingerprint density at radius 1 is 0.974 bits per heavy atom. The summed E-state index contributed by atoms with van der Waals surface area (Å²) in [5.41, 5.74) is 4.23. The number of hydrogen-bond acceptors (Lipinski definition) is 5. The molecule has 1 unspecified atom stereocenters. The van der Waals surface area contributed by atoms with E-state index in [1.165, 1.54) is 0 Å². The van der Waals surface area contributed by atoms with Gasteiger partial charge >= 0.3 is 0 Å². The van der Waals surface area contributed by atoms with E-state index in [4.69, 9.17) is 9.47 Å². The molecule has 1 N–H and O–H groups in total. The van der Waals surface area contributed by atoms with Crippen molar-refractivity contribution in [3.63, 3.8) is 0 Å². The number of carbonyl (C=O) groups excluding carboxylic acids is 2. The van der Waals surface area contributed by atoms with Crippen molar-refractivity contribution in [1.82, 2.24) is 4.90 Å². The number of benzene rings is 3. The van der Waals surface area contributed by atoms with Crippen LogP contribution in [0.3, 0.4) is 0 Å². The fraction of sp³-hybridized carbons (Fsp3) is 0.312. The average Bonchev–Trinajstić information content (AvgIpc) is 3.15. The van der Waals surface area contributed by atoms with Crippen LogP contribution >= 0.6 is 0 Å². The average molecular weight is 514 g/mol. The number of Topliss-reactive ketones (excluding diaryl/α,β-unsaturated/α-hetero) is 1. The molecule has 4 rings (SSSR count). The molecule has 3 aromatic rings. The summed E-state index contributed by atoms with van der Waals surface area (Å²) in [6.07, 6.45) is 0.668. The fourth-order valence-electron chi connectivity index (χ4n) is 4.70. The summed E-state index contributed by atoms with van der Waals surface area (Å²) in [5.74, 6) is -0.789. The highest BCUT2D eigenvalue weighted by Gasteiger charge is 2.45. The molecular weight excluding hydrogens is 478 g/mol. The third-order valence-electron chi connectivity index (χ3n) is 6.58. The van der Waals surface area contributed by atoms with Crippen molar-refractivity contribution >= 4 is 17.4 Å². The van der Waals surface area contributed by atoms with Gasteiger partial charge in [-0.15, -0.1) is 0 Å². The number of aliphatic hydroxyl groups is 1. The topological polar surface area (TPSA) is 76.1 Å². The van der Waals surface area contributed by atoms with Gasteiger partial charge in [0.15, 0.2) is 0 Å². The Hall–Kier alpha value is -3.90. The number of ketones is 1. The summed E-state index contributed by atoms with van der Waals surface area (Å²) in [6.45, 7) is 9.01. The van der Waals surface area contributed by atoms with E-state index in [2.05, 4.69) is 0 Å². The van der Waals surface area contributed by atoms with Crippen LogP contribution in [-0.2, 0) is 20.9 Å². The minimum atomic E-state index is -0.680. The molecule has 38 heavy (non-hydrogen) atoms. The lowest BCUT2D eigenvalue weighted by Crippen LogP contribution is -2.31. The number of aliphatic hydroxyl groups excluding tert-OH is 1. The lowest BCUT2D eigenvalue weighted by atomic mass is 9.94. The van der Waals surface area contributed by atoms with E-state index < -0.39 is 17.7 Å². The molecular formula is C32H35NO5. The fourth-order valence-corrected chi connectivity index (χ4v) is 4.70. The lowest BCUT2D eigenvalue weighted by molar-refractivity contribution is -0.140. The molecule has 3 aromatic carbocycles. The normalized spacial score (nSPS) is 16.9. The number of ether oxygens (including phenoxy) is 2. The Kier molecular flexibility index (Phi) is 8.64. The number of rotatable bonds is 10. The standard InChI is InChI=1S/C32H35NO5/c1-21(2)37-17-9-16-33-29(25-13-8-10-22(3)18-25)28(31(35)32(33)36)30(34)26-14-15-27(23(4)19-26)38-20-24-11-6-5-7-12-24/h5-8,10-15,18-19,21,29,34H,9,16-17,20H2,1-4H3/b30-28-. The summed E-state index contributed by atoms with van der Waals surface area (Å²) in [6, 6.07) is 22.2. The van der Waals surface area contributed by atoms with Crippen molar-refractivity contribution in [3.8, 4) is 5.75 Å². The largest absolute Gasteiger partial charge is 0.507 e. The zero-order chi connectivity index (χ0) is 27.2. The number of likely N-dealkylation sites (tertiary alicyclic amines) is 1. The van der Waals surface area contributed by atoms with Crippen LogP contribution in [0.15, 0.2) is 78.4 Å². The molecule has 0 radical (unpaired) electrons. The summed E-state index contributed by atoms with van der Waals surface area (Å²) >= 11 is 0. The van der Waals surface area contributed by atoms with Gasteiger partial charge in [-0.05, 0) is 69.0 Å². The maximum atomic E-state index is 13.3. The molecule has 6 nitrogen and oxygen atoms in total. The lowest BCUT2D eigenvalue weighted by Gasteiger charge is -2.26. The van der Waals surface area contributed by atoms with Crippen molar-refractivity contribution in [2.45, 2.75) is 52.9 Å².